The minimum Gasteiger partial charge on any atom is -0.486 e. The quantitative estimate of drug-likeness (QED) is 0.890. The van der Waals surface area contributed by atoms with Crippen molar-refractivity contribution in [1.29, 1.82) is 0 Å². The van der Waals surface area contributed by atoms with Crippen LogP contribution in [-0.4, -0.2) is 34.0 Å². The van der Waals surface area contributed by atoms with Gasteiger partial charge in [0.25, 0.3) is 0 Å². The summed E-state index contributed by atoms with van der Waals surface area (Å²) >= 11 is 0. The predicted molar refractivity (Wildman–Crippen MR) is 86.9 cm³/mol. The SMILES string of the molecule is C[C@H](NC(=O)N[C@@H](C)c1nncn1C)c1ccc2c(c1)OCCO2. The Bertz CT molecular complexity index is 730. The highest BCUT2D eigenvalue weighted by molar-refractivity contribution is 5.74. The fraction of sp³-hybridized carbons (Fsp3) is 0.438. The summed E-state index contributed by atoms with van der Waals surface area (Å²) in [5, 5.41) is 13.6. The minimum atomic E-state index is -0.270. The Morgan fingerprint density at radius 2 is 1.88 bits per heavy atom. The van der Waals surface area contributed by atoms with Gasteiger partial charge in [-0.25, -0.2) is 4.79 Å². The molecule has 2 N–H and O–H groups in total. The van der Waals surface area contributed by atoms with Crippen LogP contribution in [0, 0.1) is 0 Å². The zero-order chi connectivity index (χ0) is 17.1. The van der Waals surface area contributed by atoms with Gasteiger partial charge in [0.2, 0.25) is 0 Å². The molecule has 1 aliphatic heterocycles. The molecule has 2 atom stereocenters. The normalized spacial score (nSPS) is 15.5. The van der Waals surface area contributed by atoms with Crippen LogP contribution >= 0.6 is 0 Å². The number of aromatic nitrogens is 3. The van der Waals surface area contributed by atoms with E-state index in [0.717, 1.165) is 11.3 Å². The van der Waals surface area contributed by atoms with E-state index in [2.05, 4.69) is 20.8 Å². The molecule has 0 saturated carbocycles. The lowest BCUT2D eigenvalue weighted by molar-refractivity contribution is 0.171. The van der Waals surface area contributed by atoms with Crippen molar-refractivity contribution in [1.82, 2.24) is 25.4 Å². The molecule has 0 aliphatic carbocycles. The molecule has 1 aromatic carbocycles. The number of benzene rings is 1. The molecular weight excluding hydrogens is 310 g/mol. The Morgan fingerprint density at radius 3 is 2.58 bits per heavy atom. The molecule has 128 valence electrons. The lowest BCUT2D eigenvalue weighted by atomic mass is 10.1. The van der Waals surface area contributed by atoms with Gasteiger partial charge in [0.05, 0.1) is 12.1 Å². The Morgan fingerprint density at radius 1 is 1.17 bits per heavy atom. The maximum Gasteiger partial charge on any atom is 0.315 e. The third kappa shape index (κ3) is 3.42. The van der Waals surface area contributed by atoms with E-state index >= 15 is 0 Å². The van der Waals surface area contributed by atoms with Gasteiger partial charge in [-0.15, -0.1) is 10.2 Å². The van der Waals surface area contributed by atoms with E-state index in [1.54, 1.807) is 10.9 Å². The molecule has 0 radical (unpaired) electrons. The molecule has 1 aromatic heterocycles. The van der Waals surface area contributed by atoms with Crippen LogP contribution in [0.1, 0.15) is 37.3 Å². The molecule has 0 unspecified atom stereocenters. The molecule has 8 nitrogen and oxygen atoms in total. The van der Waals surface area contributed by atoms with Crippen LogP contribution in [0.5, 0.6) is 11.5 Å². The molecule has 0 saturated heterocycles. The van der Waals surface area contributed by atoms with Crippen LogP contribution in [-0.2, 0) is 7.05 Å². The predicted octanol–water partition coefficient (Wildman–Crippen LogP) is 1.71. The van der Waals surface area contributed by atoms with Gasteiger partial charge in [0.15, 0.2) is 17.3 Å². The van der Waals surface area contributed by atoms with Gasteiger partial charge in [-0.2, -0.15) is 0 Å². The lowest BCUT2D eigenvalue weighted by Gasteiger charge is -2.21. The Balaban J connectivity index is 1.61. The summed E-state index contributed by atoms with van der Waals surface area (Å²) in [7, 11) is 1.84. The van der Waals surface area contributed by atoms with Gasteiger partial charge in [0.1, 0.15) is 19.5 Å². The second kappa shape index (κ2) is 6.77. The van der Waals surface area contributed by atoms with Crippen molar-refractivity contribution < 1.29 is 14.3 Å². The third-order valence-electron chi connectivity index (χ3n) is 3.90. The van der Waals surface area contributed by atoms with E-state index in [-0.39, 0.29) is 18.1 Å². The number of aryl methyl sites for hydroxylation is 1. The number of carbonyl (C=O) groups excluding carboxylic acids is 1. The van der Waals surface area contributed by atoms with E-state index in [0.29, 0.717) is 24.8 Å². The van der Waals surface area contributed by atoms with Gasteiger partial charge >= 0.3 is 6.03 Å². The van der Waals surface area contributed by atoms with Crippen LogP contribution in [0.25, 0.3) is 0 Å². The fourth-order valence-corrected chi connectivity index (χ4v) is 2.60. The molecule has 1 aliphatic rings. The first kappa shape index (κ1) is 16.1. The molecule has 8 heteroatoms. The number of nitrogens with one attached hydrogen (secondary N) is 2. The number of hydrogen-bond donors (Lipinski definition) is 2. The van der Waals surface area contributed by atoms with Crippen LogP contribution in [0.2, 0.25) is 0 Å². The summed E-state index contributed by atoms with van der Waals surface area (Å²) in [6, 6.07) is 4.99. The third-order valence-corrected chi connectivity index (χ3v) is 3.90. The maximum atomic E-state index is 12.2. The highest BCUT2D eigenvalue weighted by Gasteiger charge is 2.18. The van der Waals surface area contributed by atoms with Gasteiger partial charge < -0.3 is 24.7 Å². The number of rotatable bonds is 4. The molecular formula is C16H21N5O3. The summed E-state index contributed by atoms with van der Waals surface area (Å²) in [6.45, 7) is 4.87. The first-order valence-corrected chi connectivity index (χ1v) is 7.85. The Kier molecular flexibility index (Phi) is 4.54. The molecule has 0 bridgehead atoms. The molecule has 2 amide bonds. The van der Waals surface area contributed by atoms with Crippen molar-refractivity contribution in [3.05, 3.63) is 35.9 Å². The first-order chi connectivity index (χ1) is 11.5. The zero-order valence-electron chi connectivity index (χ0n) is 13.9. The van der Waals surface area contributed by atoms with E-state index in [1.165, 1.54) is 0 Å². The molecule has 0 spiro atoms. The number of carbonyl (C=O) groups is 1. The highest BCUT2D eigenvalue weighted by atomic mass is 16.6. The van der Waals surface area contributed by atoms with Crippen LogP contribution < -0.4 is 20.1 Å². The number of amides is 2. The van der Waals surface area contributed by atoms with E-state index in [1.807, 2.05) is 39.1 Å². The summed E-state index contributed by atoms with van der Waals surface area (Å²) in [4.78, 5) is 12.2. The minimum absolute atomic E-state index is 0.174. The lowest BCUT2D eigenvalue weighted by Crippen LogP contribution is -2.39. The Hall–Kier alpha value is -2.77. The number of urea groups is 1. The molecule has 0 fully saturated rings. The Labute approximate surface area is 140 Å². The number of fused-ring (bicyclic) bond motifs is 1. The van der Waals surface area contributed by atoms with E-state index in [9.17, 15) is 4.79 Å². The van der Waals surface area contributed by atoms with Crippen LogP contribution in [0.3, 0.4) is 0 Å². The second-order valence-corrected chi connectivity index (χ2v) is 5.76. The van der Waals surface area contributed by atoms with E-state index < -0.39 is 0 Å². The van der Waals surface area contributed by atoms with Crippen molar-refractivity contribution in [2.24, 2.45) is 7.05 Å². The molecule has 24 heavy (non-hydrogen) atoms. The number of hydrogen-bond acceptors (Lipinski definition) is 5. The second-order valence-electron chi connectivity index (χ2n) is 5.76. The smallest absolute Gasteiger partial charge is 0.315 e. The number of nitrogens with zero attached hydrogens (tertiary/aromatic N) is 3. The van der Waals surface area contributed by atoms with Crippen molar-refractivity contribution in [3.63, 3.8) is 0 Å². The molecule has 2 heterocycles. The topological polar surface area (TPSA) is 90.3 Å². The largest absolute Gasteiger partial charge is 0.486 e. The summed E-state index contributed by atoms with van der Waals surface area (Å²) in [5.74, 6) is 2.13. The average molecular weight is 331 g/mol. The number of ether oxygens (including phenoxy) is 2. The van der Waals surface area contributed by atoms with Crippen molar-refractivity contribution in [3.8, 4) is 11.5 Å². The van der Waals surface area contributed by atoms with Gasteiger partial charge in [-0.05, 0) is 31.5 Å². The average Bonchev–Trinajstić information content (AvgIpc) is 3.00. The van der Waals surface area contributed by atoms with Gasteiger partial charge in [-0.3, -0.25) is 0 Å². The molecule has 3 rings (SSSR count). The monoisotopic (exact) mass is 331 g/mol. The van der Waals surface area contributed by atoms with Gasteiger partial charge in [-0.1, -0.05) is 6.07 Å². The van der Waals surface area contributed by atoms with Crippen molar-refractivity contribution >= 4 is 6.03 Å². The van der Waals surface area contributed by atoms with Crippen molar-refractivity contribution in [2.45, 2.75) is 25.9 Å². The van der Waals surface area contributed by atoms with Crippen molar-refractivity contribution in [2.75, 3.05) is 13.2 Å². The zero-order valence-corrected chi connectivity index (χ0v) is 13.9. The summed E-state index contributed by atoms with van der Waals surface area (Å²) < 4.78 is 12.9. The maximum absolute atomic E-state index is 12.2. The van der Waals surface area contributed by atoms with Crippen LogP contribution in [0.15, 0.2) is 24.5 Å². The summed E-state index contributed by atoms with van der Waals surface area (Å²) in [5.41, 5.74) is 0.945. The van der Waals surface area contributed by atoms with Crippen LogP contribution in [0.4, 0.5) is 4.79 Å². The molecule has 2 aromatic rings. The van der Waals surface area contributed by atoms with Gasteiger partial charge in [0, 0.05) is 7.05 Å². The van der Waals surface area contributed by atoms with E-state index in [4.69, 9.17) is 9.47 Å². The first-order valence-electron chi connectivity index (χ1n) is 7.85. The fourth-order valence-electron chi connectivity index (χ4n) is 2.60. The standard InChI is InChI=1S/C16H21N5O3/c1-10(12-4-5-13-14(8-12)24-7-6-23-13)18-16(22)19-11(2)15-20-17-9-21(15)3/h4-5,8-11H,6-7H2,1-3H3,(H2,18,19,22)/t10-,11-/m0/s1. The highest BCUT2D eigenvalue weighted by Crippen LogP contribution is 2.32. The summed E-state index contributed by atoms with van der Waals surface area (Å²) in [6.07, 6.45) is 1.60.